The number of carbonyl (C=O) groups is 2. The minimum Gasteiger partial charge on any atom is -0.354 e. The summed E-state index contributed by atoms with van der Waals surface area (Å²) >= 11 is 0. The number of amides is 2. The first kappa shape index (κ1) is 10.4. The van der Waals surface area contributed by atoms with Gasteiger partial charge in [0.15, 0.2) is 0 Å². The van der Waals surface area contributed by atoms with Crippen LogP contribution in [-0.2, 0) is 9.59 Å². The molecule has 0 saturated carbocycles. The van der Waals surface area contributed by atoms with Crippen molar-refractivity contribution in [3.05, 3.63) is 0 Å². The lowest BCUT2D eigenvalue weighted by Crippen LogP contribution is -2.57. The Kier molecular flexibility index (Phi) is 3.17. The molecular formula is C9H16N4O2. The SMILES string of the molecule is O=C1CC(NC(=O)C2CNCCN2)CN1. The largest absolute Gasteiger partial charge is 0.354 e. The van der Waals surface area contributed by atoms with Crippen molar-refractivity contribution in [2.45, 2.75) is 18.5 Å². The third-order valence-corrected chi connectivity index (χ3v) is 2.68. The van der Waals surface area contributed by atoms with Crippen LogP contribution in [0.15, 0.2) is 0 Å². The molecule has 2 fully saturated rings. The van der Waals surface area contributed by atoms with E-state index in [1.54, 1.807) is 0 Å². The Balaban J connectivity index is 1.78. The van der Waals surface area contributed by atoms with Gasteiger partial charge in [-0.2, -0.15) is 0 Å². The average molecular weight is 212 g/mol. The van der Waals surface area contributed by atoms with Crippen LogP contribution in [-0.4, -0.2) is 50.1 Å². The number of hydrogen-bond acceptors (Lipinski definition) is 4. The van der Waals surface area contributed by atoms with Crippen molar-refractivity contribution >= 4 is 11.8 Å². The van der Waals surface area contributed by atoms with Gasteiger partial charge in [0.05, 0.1) is 12.1 Å². The van der Waals surface area contributed by atoms with E-state index in [4.69, 9.17) is 0 Å². The van der Waals surface area contributed by atoms with Gasteiger partial charge in [0, 0.05) is 32.6 Å². The second-order valence-corrected chi connectivity index (χ2v) is 3.92. The van der Waals surface area contributed by atoms with Crippen LogP contribution in [0, 0.1) is 0 Å². The Morgan fingerprint density at radius 2 is 2.20 bits per heavy atom. The summed E-state index contributed by atoms with van der Waals surface area (Å²) in [5, 5.41) is 11.8. The highest BCUT2D eigenvalue weighted by Gasteiger charge is 2.26. The summed E-state index contributed by atoms with van der Waals surface area (Å²) in [5.74, 6) is -0.0151. The second kappa shape index (κ2) is 4.59. The molecule has 2 unspecified atom stereocenters. The van der Waals surface area contributed by atoms with E-state index >= 15 is 0 Å². The van der Waals surface area contributed by atoms with E-state index in [1.165, 1.54) is 0 Å². The van der Waals surface area contributed by atoms with Gasteiger partial charge in [-0.25, -0.2) is 0 Å². The lowest BCUT2D eigenvalue weighted by molar-refractivity contribution is -0.124. The van der Waals surface area contributed by atoms with Gasteiger partial charge in [-0.1, -0.05) is 0 Å². The zero-order valence-electron chi connectivity index (χ0n) is 8.51. The van der Waals surface area contributed by atoms with Crippen LogP contribution in [0.2, 0.25) is 0 Å². The van der Waals surface area contributed by atoms with Crippen molar-refractivity contribution in [3.63, 3.8) is 0 Å². The number of nitrogens with one attached hydrogen (secondary N) is 4. The minimum absolute atomic E-state index is 0.00929. The molecule has 4 N–H and O–H groups in total. The highest BCUT2D eigenvalue weighted by molar-refractivity contribution is 5.85. The van der Waals surface area contributed by atoms with Crippen molar-refractivity contribution in [3.8, 4) is 0 Å². The van der Waals surface area contributed by atoms with Gasteiger partial charge in [0.25, 0.3) is 0 Å². The van der Waals surface area contributed by atoms with Crippen LogP contribution in [0.4, 0.5) is 0 Å². The normalized spacial score (nSPS) is 31.1. The summed E-state index contributed by atoms with van der Waals surface area (Å²) in [6.07, 6.45) is 0.395. The van der Waals surface area contributed by atoms with Gasteiger partial charge in [-0.3, -0.25) is 9.59 Å². The van der Waals surface area contributed by atoms with Gasteiger partial charge in [0.2, 0.25) is 11.8 Å². The number of piperazine rings is 1. The molecule has 2 rings (SSSR count). The summed E-state index contributed by atoms with van der Waals surface area (Å²) in [7, 11) is 0. The molecule has 84 valence electrons. The highest BCUT2D eigenvalue weighted by atomic mass is 16.2. The molecule has 0 bridgehead atoms. The number of hydrogen-bond donors (Lipinski definition) is 4. The van der Waals surface area contributed by atoms with Crippen molar-refractivity contribution in [2.75, 3.05) is 26.2 Å². The zero-order valence-corrected chi connectivity index (χ0v) is 8.51. The lowest BCUT2D eigenvalue weighted by Gasteiger charge is -2.24. The average Bonchev–Trinajstić information content (AvgIpc) is 2.65. The van der Waals surface area contributed by atoms with Gasteiger partial charge < -0.3 is 21.3 Å². The fourth-order valence-electron chi connectivity index (χ4n) is 1.85. The van der Waals surface area contributed by atoms with Gasteiger partial charge >= 0.3 is 0 Å². The molecule has 2 aliphatic rings. The Bertz CT molecular complexity index is 263. The van der Waals surface area contributed by atoms with Crippen molar-refractivity contribution in [1.29, 1.82) is 0 Å². The predicted molar refractivity (Wildman–Crippen MR) is 54.2 cm³/mol. The van der Waals surface area contributed by atoms with Crippen LogP contribution < -0.4 is 21.3 Å². The zero-order chi connectivity index (χ0) is 10.7. The fraction of sp³-hybridized carbons (Fsp3) is 0.778. The molecule has 2 amide bonds. The van der Waals surface area contributed by atoms with Crippen molar-refractivity contribution in [2.24, 2.45) is 0 Å². The highest BCUT2D eigenvalue weighted by Crippen LogP contribution is 1.99. The third kappa shape index (κ3) is 2.66. The Hall–Kier alpha value is -1.14. The smallest absolute Gasteiger partial charge is 0.238 e. The molecule has 0 spiro atoms. The van der Waals surface area contributed by atoms with Crippen LogP contribution in [0.5, 0.6) is 0 Å². The first-order valence-electron chi connectivity index (χ1n) is 5.27. The summed E-state index contributed by atoms with van der Waals surface area (Å²) in [5.41, 5.74) is 0. The molecule has 0 radical (unpaired) electrons. The molecule has 2 heterocycles. The van der Waals surface area contributed by atoms with Crippen LogP contribution in [0.1, 0.15) is 6.42 Å². The molecular weight excluding hydrogens is 196 g/mol. The molecule has 2 aliphatic heterocycles. The molecule has 15 heavy (non-hydrogen) atoms. The maximum atomic E-state index is 11.7. The van der Waals surface area contributed by atoms with E-state index in [9.17, 15) is 9.59 Å². The summed E-state index contributed by atoms with van der Waals surface area (Å²) in [4.78, 5) is 22.6. The number of carbonyl (C=O) groups excluding carboxylic acids is 2. The standard InChI is InChI=1S/C9H16N4O2/c14-8-3-6(4-12-8)13-9(15)7-5-10-1-2-11-7/h6-7,10-11H,1-5H2,(H,12,14)(H,13,15). The summed E-state index contributed by atoms with van der Waals surface area (Å²) < 4.78 is 0. The van der Waals surface area contributed by atoms with E-state index in [0.29, 0.717) is 19.5 Å². The van der Waals surface area contributed by atoms with E-state index in [0.717, 1.165) is 13.1 Å². The van der Waals surface area contributed by atoms with Crippen LogP contribution in [0.3, 0.4) is 0 Å². The first-order chi connectivity index (χ1) is 7.25. The maximum absolute atomic E-state index is 11.7. The quantitative estimate of drug-likeness (QED) is 0.409. The van der Waals surface area contributed by atoms with Crippen LogP contribution in [0.25, 0.3) is 0 Å². The topological polar surface area (TPSA) is 82.3 Å². The Morgan fingerprint density at radius 3 is 2.80 bits per heavy atom. The van der Waals surface area contributed by atoms with Gasteiger partial charge in [-0.05, 0) is 0 Å². The molecule has 0 aromatic carbocycles. The Morgan fingerprint density at radius 1 is 1.33 bits per heavy atom. The first-order valence-corrected chi connectivity index (χ1v) is 5.27. The molecule has 2 saturated heterocycles. The Labute approximate surface area is 88.2 Å². The van der Waals surface area contributed by atoms with E-state index in [-0.39, 0.29) is 23.9 Å². The minimum atomic E-state index is -0.172. The molecule has 0 aliphatic carbocycles. The third-order valence-electron chi connectivity index (χ3n) is 2.68. The molecule has 2 atom stereocenters. The maximum Gasteiger partial charge on any atom is 0.238 e. The molecule has 0 aromatic heterocycles. The monoisotopic (exact) mass is 212 g/mol. The van der Waals surface area contributed by atoms with Crippen LogP contribution >= 0.6 is 0 Å². The molecule has 6 heteroatoms. The lowest BCUT2D eigenvalue weighted by atomic mass is 10.2. The van der Waals surface area contributed by atoms with Crippen molar-refractivity contribution < 1.29 is 9.59 Å². The molecule has 6 nitrogen and oxygen atoms in total. The molecule has 0 aromatic rings. The van der Waals surface area contributed by atoms with Gasteiger partial charge in [-0.15, -0.1) is 0 Å². The number of rotatable bonds is 2. The van der Waals surface area contributed by atoms with E-state index in [2.05, 4.69) is 21.3 Å². The predicted octanol–water partition coefficient (Wildman–Crippen LogP) is -2.45. The summed E-state index contributed by atoms with van der Waals surface area (Å²) in [6.45, 7) is 2.90. The van der Waals surface area contributed by atoms with Gasteiger partial charge in [0.1, 0.15) is 0 Å². The van der Waals surface area contributed by atoms with E-state index in [1.807, 2.05) is 0 Å². The van der Waals surface area contributed by atoms with Crippen molar-refractivity contribution in [1.82, 2.24) is 21.3 Å². The second-order valence-electron chi connectivity index (χ2n) is 3.92. The summed E-state index contributed by atoms with van der Waals surface area (Å²) in [6, 6.07) is -0.219. The van der Waals surface area contributed by atoms with E-state index < -0.39 is 0 Å². The fourth-order valence-corrected chi connectivity index (χ4v) is 1.85.